The molecule has 1 saturated carbocycles. The number of rotatable bonds is 9. The number of nitrogens with zero attached hydrogens (tertiary/aromatic N) is 1. The maximum Gasteiger partial charge on any atom is 0.252 e. The third-order valence-corrected chi connectivity index (χ3v) is 6.31. The van der Waals surface area contributed by atoms with Crippen molar-refractivity contribution in [2.45, 2.75) is 56.5 Å². The van der Waals surface area contributed by atoms with Crippen LogP contribution in [0.15, 0.2) is 71.3 Å². The highest BCUT2D eigenvalue weighted by Gasteiger charge is 2.51. The number of carbonyl (C=O) groups excluding carboxylic acids is 1. The van der Waals surface area contributed by atoms with Crippen molar-refractivity contribution in [1.29, 1.82) is 5.26 Å². The topological polar surface area (TPSA) is 125 Å². The van der Waals surface area contributed by atoms with Crippen LogP contribution in [0.25, 0.3) is 0 Å². The lowest BCUT2D eigenvalue weighted by Crippen LogP contribution is -2.60. The van der Waals surface area contributed by atoms with Crippen LogP contribution in [0.3, 0.4) is 0 Å². The molecule has 1 amide bonds. The van der Waals surface area contributed by atoms with Crippen LogP contribution >= 0.6 is 0 Å². The van der Waals surface area contributed by atoms with Crippen LogP contribution in [-0.2, 0) is 34.0 Å². The minimum absolute atomic E-state index is 0.0183. The molecule has 3 N–H and O–H groups in total. The first-order chi connectivity index (χ1) is 17.4. The van der Waals surface area contributed by atoms with Gasteiger partial charge in [-0.05, 0) is 29.8 Å². The predicted molar refractivity (Wildman–Crippen MR) is 125 cm³/mol. The van der Waals surface area contributed by atoms with Crippen LogP contribution in [0.5, 0.6) is 0 Å². The van der Waals surface area contributed by atoms with E-state index in [9.17, 15) is 24.7 Å². The van der Waals surface area contributed by atoms with Crippen LogP contribution in [0, 0.1) is 17.1 Å². The van der Waals surface area contributed by atoms with Gasteiger partial charge in [0.05, 0.1) is 49.9 Å². The SMILES string of the molecule is N#Cc1ccccc1COC1C[C@](OCc2ccccc2F)(C(=O)NCc2ccco2)C[C@@H](O)[C@H]1O. The first-order valence-electron chi connectivity index (χ1n) is 11.6. The summed E-state index contributed by atoms with van der Waals surface area (Å²) in [5.74, 6) is -0.516. The Balaban J connectivity index is 1.56. The van der Waals surface area contributed by atoms with Gasteiger partial charge in [-0.1, -0.05) is 36.4 Å². The molecule has 2 aromatic carbocycles. The Labute approximate surface area is 207 Å². The number of amides is 1. The molecule has 1 aliphatic carbocycles. The lowest BCUT2D eigenvalue weighted by Gasteiger charge is -2.43. The highest BCUT2D eigenvalue weighted by atomic mass is 19.1. The predicted octanol–water partition coefficient (Wildman–Crippen LogP) is 2.96. The Morgan fingerprint density at radius 3 is 2.56 bits per heavy atom. The van der Waals surface area contributed by atoms with Gasteiger partial charge in [0.15, 0.2) is 5.60 Å². The van der Waals surface area contributed by atoms with E-state index in [0.29, 0.717) is 16.9 Å². The number of aliphatic hydroxyl groups excluding tert-OH is 2. The van der Waals surface area contributed by atoms with Crippen LogP contribution in [0.1, 0.15) is 35.3 Å². The monoisotopic (exact) mass is 494 g/mol. The number of carbonyl (C=O) groups is 1. The molecule has 1 unspecified atom stereocenters. The summed E-state index contributed by atoms with van der Waals surface area (Å²) in [6.07, 6.45) is -2.46. The molecule has 0 radical (unpaired) electrons. The molecule has 0 spiro atoms. The van der Waals surface area contributed by atoms with Gasteiger partial charge < -0.3 is 29.4 Å². The normalized spacial score (nSPS) is 23.7. The van der Waals surface area contributed by atoms with E-state index in [1.165, 1.54) is 12.3 Å². The van der Waals surface area contributed by atoms with E-state index < -0.39 is 35.6 Å². The molecule has 9 heteroatoms. The molecule has 4 rings (SSSR count). The van der Waals surface area contributed by atoms with E-state index in [1.807, 2.05) is 0 Å². The number of hydrogen-bond acceptors (Lipinski definition) is 7. The fourth-order valence-electron chi connectivity index (χ4n) is 4.29. The summed E-state index contributed by atoms with van der Waals surface area (Å²) in [7, 11) is 0. The number of nitrogens with one attached hydrogen (secondary N) is 1. The van der Waals surface area contributed by atoms with E-state index in [1.54, 1.807) is 54.6 Å². The Hall–Kier alpha value is -3.55. The van der Waals surface area contributed by atoms with Crippen LogP contribution in [0.2, 0.25) is 0 Å². The zero-order chi connectivity index (χ0) is 25.5. The molecular formula is C27H27FN2O6. The quantitative estimate of drug-likeness (QED) is 0.418. The Morgan fingerprint density at radius 2 is 1.83 bits per heavy atom. The van der Waals surface area contributed by atoms with Gasteiger partial charge in [0, 0.05) is 18.4 Å². The van der Waals surface area contributed by atoms with Crippen LogP contribution in [0.4, 0.5) is 4.39 Å². The van der Waals surface area contributed by atoms with Gasteiger partial charge in [-0.15, -0.1) is 0 Å². The van der Waals surface area contributed by atoms with Crippen molar-refractivity contribution < 1.29 is 33.3 Å². The van der Waals surface area contributed by atoms with Crippen molar-refractivity contribution in [2.24, 2.45) is 0 Å². The Kier molecular flexibility index (Phi) is 8.13. The molecule has 1 fully saturated rings. The highest BCUT2D eigenvalue weighted by Crippen LogP contribution is 2.36. The fraction of sp³-hybridized carbons (Fsp3) is 0.333. The second-order valence-corrected chi connectivity index (χ2v) is 8.72. The third kappa shape index (κ3) is 5.80. The number of halogens is 1. The number of hydrogen-bond donors (Lipinski definition) is 3. The van der Waals surface area contributed by atoms with Crippen molar-refractivity contribution in [3.63, 3.8) is 0 Å². The number of furan rings is 1. The number of aliphatic hydroxyl groups is 2. The summed E-state index contributed by atoms with van der Waals surface area (Å²) in [5.41, 5.74) is -0.349. The molecule has 1 heterocycles. The average molecular weight is 495 g/mol. The molecule has 8 nitrogen and oxygen atoms in total. The van der Waals surface area contributed by atoms with E-state index in [2.05, 4.69) is 11.4 Å². The molecule has 4 atom stereocenters. The van der Waals surface area contributed by atoms with Gasteiger partial charge in [0.25, 0.3) is 5.91 Å². The molecule has 188 valence electrons. The first-order valence-corrected chi connectivity index (χ1v) is 11.6. The van der Waals surface area contributed by atoms with E-state index in [4.69, 9.17) is 13.9 Å². The van der Waals surface area contributed by atoms with Crippen LogP contribution in [-0.4, -0.2) is 40.0 Å². The van der Waals surface area contributed by atoms with E-state index >= 15 is 0 Å². The number of ether oxygens (including phenoxy) is 2. The maximum absolute atomic E-state index is 14.3. The molecule has 0 aliphatic heterocycles. The van der Waals surface area contributed by atoms with Crippen molar-refractivity contribution in [3.05, 3.63) is 95.2 Å². The minimum atomic E-state index is -1.62. The minimum Gasteiger partial charge on any atom is -0.467 e. The van der Waals surface area contributed by atoms with Crippen molar-refractivity contribution in [3.8, 4) is 6.07 Å². The van der Waals surface area contributed by atoms with Crippen molar-refractivity contribution in [1.82, 2.24) is 5.32 Å². The second kappa shape index (κ2) is 11.5. The summed E-state index contributed by atoms with van der Waals surface area (Å²) in [5, 5.41) is 33.5. The molecule has 1 aliphatic rings. The smallest absolute Gasteiger partial charge is 0.252 e. The maximum atomic E-state index is 14.3. The summed E-state index contributed by atoms with van der Waals surface area (Å²) in [6.45, 7) is -0.167. The molecular weight excluding hydrogens is 467 g/mol. The fourth-order valence-corrected chi connectivity index (χ4v) is 4.29. The third-order valence-electron chi connectivity index (χ3n) is 6.31. The van der Waals surface area contributed by atoms with Gasteiger partial charge >= 0.3 is 0 Å². The molecule has 36 heavy (non-hydrogen) atoms. The van der Waals surface area contributed by atoms with Crippen LogP contribution < -0.4 is 5.32 Å². The van der Waals surface area contributed by atoms with E-state index in [0.717, 1.165) is 0 Å². The number of nitriles is 1. The number of benzene rings is 2. The Morgan fingerprint density at radius 1 is 1.08 bits per heavy atom. The van der Waals surface area contributed by atoms with Gasteiger partial charge in [-0.3, -0.25) is 4.79 Å². The molecule has 0 bridgehead atoms. The summed E-state index contributed by atoms with van der Waals surface area (Å²) in [6, 6.07) is 18.4. The highest BCUT2D eigenvalue weighted by molar-refractivity contribution is 5.85. The summed E-state index contributed by atoms with van der Waals surface area (Å²) in [4.78, 5) is 13.4. The molecule has 1 aromatic heterocycles. The summed E-state index contributed by atoms with van der Waals surface area (Å²) < 4.78 is 31.5. The van der Waals surface area contributed by atoms with Gasteiger partial charge in [-0.25, -0.2) is 4.39 Å². The zero-order valence-electron chi connectivity index (χ0n) is 19.5. The lowest BCUT2D eigenvalue weighted by molar-refractivity contribution is -0.200. The van der Waals surface area contributed by atoms with Crippen molar-refractivity contribution >= 4 is 5.91 Å². The largest absolute Gasteiger partial charge is 0.467 e. The zero-order valence-corrected chi connectivity index (χ0v) is 19.5. The first kappa shape index (κ1) is 25.5. The molecule has 3 aromatic rings. The van der Waals surface area contributed by atoms with Crippen molar-refractivity contribution in [2.75, 3.05) is 0 Å². The van der Waals surface area contributed by atoms with Gasteiger partial charge in [0.1, 0.15) is 17.7 Å². The Bertz CT molecular complexity index is 1210. The average Bonchev–Trinajstić information content (AvgIpc) is 3.42. The molecule has 0 saturated heterocycles. The standard InChI is InChI=1S/C27H27FN2O6/c28-22-10-4-3-8-20(22)17-36-27(26(33)30-15-21-9-5-11-34-21)12-23(31)25(32)24(13-27)35-16-19-7-2-1-6-18(19)14-29/h1-11,23-25,31-32H,12-13,15-17H2,(H,30,33)/t23-,24?,25-,27+/m1/s1. The van der Waals surface area contributed by atoms with Gasteiger partial charge in [-0.2, -0.15) is 5.26 Å². The van der Waals surface area contributed by atoms with Gasteiger partial charge in [0.2, 0.25) is 0 Å². The second-order valence-electron chi connectivity index (χ2n) is 8.72. The van der Waals surface area contributed by atoms with E-state index in [-0.39, 0.29) is 38.2 Å². The lowest BCUT2D eigenvalue weighted by atomic mass is 9.78. The summed E-state index contributed by atoms with van der Waals surface area (Å²) >= 11 is 0.